The predicted octanol–water partition coefficient (Wildman–Crippen LogP) is 15.8. The van der Waals surface area contributed by atoms with Crippen LogP contribution in [-0.2, 0) is 0 Å². The molecule has 0 spiro atoms. The van der Waals surface area contributed by atoms with E-state index in [0.29, 0.717) is 0 Å². The second-order valence-corrected chi connectivity index (χ2v) is 14.8. The van der Waals surface area contributed by atoms with E-state index >= 15 is 0 Å². The van der Waals surface area contributed by atoms with Gasteiger partial charge in [0.05, 0.1) is 0 Å². The SMILES string of the molecule is c1ccc(-c2ccc3c(-c4ccccc4)c4cc5c(-c6ccccc6)c(-c6ccc7ccccc7c6)c6ccccc6c5cc4c(-c4ccccc4)c3c2)cc1. The summed E-state index contributed by atoms with van der Waals surface area (Å²) in [7, 11) is 0. The van der Waals surface area contributed by atoms with Gasteiger partial charge in [-0.1, -0.05) is 194 Å². The summed E-state index contributed by atoms with van der Waals surface area (Å²) in [5.41, 5.74) is 12.3. The molecule has 0 aliphatic heterocycles. The van der Waals surface area contributed by atoms with Crippen LogP contribution in [0.2, 0.25) is 0 Å². The molecule has 11 aromatic rings. The highest BCUT2D eigenvalue weighted by atomic mass is 14.3. The Morgan fingerprint density at radius 1 is 0.161 bits per heavy atom. The van der Waals surface area contributed by atoms with Gasteiger partial charge in [0.1, 0.15) is 0 Å². The topological polar surface area (TPSA) is 0 Å². The van der Waals surface area contributed by atoms with Gasteiger partial charge in [-0.3, -0.25) is 0 Å². The molecule has 0 unspecified atom stereocenters. The maximum absolute atomic E-state index is 2.52. The normalized spacial score (nSPS) is 11.6. The minimum atomic E-state index is 1.21. The van der Waals surface area contributed by atoms with Crippen molar-refractivity contribution in [2.75, 3.05) is 0 Å². The van der Waals surface area contributed by atoms with Crippen LogP contribution in [0.15, 0.2) is 218 Å². The molecule has 0 saturated heterocycles. The Hall–Kier alpha value is -7.28. The second-order valence-electron chi connectivity index (χ2n) is 14.8. The molecular formula is C56H36. The lowest BCUT2D eigenvalue weighted by molar-refractivity contribution is 1.63. The molecule has 11 aromatic carbocycles. The fourth-order valence-corrected chi connectivity index (χ4v) is 9.10. The van der Waals surface area contributed by atoms with Crippen LogP contribution < -0.4 is 0 Å². The molecule has 0 aromatic heterocycles. The molecule has 11 rings (SSSR count). The Morgan fingerprint density at radius 2 is 0.571 bits per heavy atom. The molecule has 0 bridgehead atoms. The third kappa shape index (κ3) is 5.22. The van der Waals surface area contributed by atoms with Gasteiger partial charge in [-0.2, -0.15) is 0 Å². The van der Waals surface area contributed by atoms with E-state index in [1.807, 2.05) is 0 Å². The number of hydrogen-bond acceptors (Lipinski definition) is 0. The van der Waals surface area contributed by atoms with E-state index in [1.54, 1.807) is 0 Å². The molecule has 0 radical (unpaired) electrons. The average molecular weight is 709 g/mol. The van der Waals surface area contributed by atoms with Crippen LogP contribution in [-0.4, -0.2) is 0 Å². The average Bonchev–Trinajstić information content (AvgIpc) is 3.28. The Kier molecular flexibility index (Phi) is 7.60. The molecule has 56 heavy (non-hydrogen) atoms. The molecule has 0 amide bonds. The van der Waals surface area contributed by atoms with E-state index < -0.39 is 0 Å². The van der Waals surface area contributed by atoms with E-state index in [-0.39, 0.29) is 0 Å². The molecule has 0 saturated carbocycles. The summed E-state index contributed by atoms with van der Waals surface area (Å²) in [5, 5.41) is 12.5. The van der Waals surface area contributed by atoms with Crippen LogP contribution in [0.3, 0.4) is 0 Å². The second kappa shape index (κ2) is 13.2. The summed E-state index contributed by atoms with van der Waals surface area (Å²) in [5.74, 6) is 0. The van der Waals surface area contributed by atoms with Crippen LogP contribution in [0.1, 0.15) is 0 Å². The maximum Gasteiger partial charge on any atom is -0.00201 e. The highest BCUT2D eigenvalue weighted by Gasteiger charge is 2.23. The first-order chi connectivity index (χ1) is 27.8. The van der Waals surface area contributed by atoms with Crippen molar-refractivity contribution in [3.63, 3.8) is 0 Å². The zero-order valence-electron chi connectivity index (χ0n) is 30.8. The van der Waals surface area contributed by atoms with Crippen LogP contribution >= 0.6 is 0 Å². The Bertz CT molecular complexity index is 3250. The molecule has 0 heteroatoms. The first-order valence-corrected chi connectivity index (χ1v) is 19.4. The van der Waals surface area contributed by atoms with Crippen molar-refractivity contribution in [3.8, 4) is 55.6 Å². The monoisotopic (exact) mass is 708 g/mol. The van der Waals surface area contributed by atoms with Crippen LogP contribution in [0, 0.1) is 0 Å². The lowest BCUT2D eigenvalue weighted by atomic mass is 9.80. The summed E-state index contributed by atoms with van der Waals surface area (Å²) in [6, 6.07) is 80.5. The van der Waals surface area contributed by atoms with E-state index in [4.69, 9.17) is 0 Å². The lowest BCUT2D eigenvalue weighted by Gasteiger charge is -2.23. The van der Waals surface area contributed by atoms with Gasteiger partial charge < -0.3 is 0 Å². The predicted molar refractivity (Wildman–Crippen MR) is 241 cm³/mol. The molecule has 0 N–H and O–H groups in total. The highest BCUT2D eigenvalue weighted by Crippen LogP contribution is 2.50. The van der Waals surface area contributed by atoms with Crippen molar-refractivity contribution in [1.29, 1.82) is 0 Å². The highest BCUT2D eigenvalue weighted by molar-refractivity contribution is 6.29. The number of benzene rings is 11. The lowest BCUT2D eigenvalue weighted by Crippen LogP contribution is -1.95. The Morgan fingerprint density at radius 3 is 1.21 bits per heavy atom. The maximum atomic E-state index is 2.52. The quantitative estimate of drug-likeness (QED) is 0.123. The fourth-order valence-electron chi connectivity index (χ4n) is 9.10. The number of rotatable bonds is 5. The van der Waals surface area contributed by atoms with Gasteiger partial charge >= 0.3 is 0 Å². The van der Waals surface area contributed by atoms with Crippen molar-refractivity contribution in [1.82, 2.24) is 0 Å². The largest absolute Gasteiger partial charge is 0.0622 e. The summed E-state index contributed by atoms with van der Waals surface area (Å²) in [6.45, 7) is 0. The zero-order chi connectivity index (χ0) is 37.0. The number of hydrogen-bond donors (Lipinski definition) is 0. The van der Waals surface area contributed by atoms with Crippen LogP contribution in [0.5, 0.6) is 0 Å². The van der Waals surface area contributed by atoms with Gasteiger partial charge in [0, 0.05) is 0 Å². The van der Waals surface area contributed by atoms with Gasteiger partial charge in [0.2, 0.25) is 0 Å². The summed E-state index contributed by atoms with van der Waals surface area (Å²) < 4.78 is 0. The standard InChI is InChI=1S/C56H36/c1-5-17-37(18-6-1)43-31-32-47-49(34-43)54(40-22-9-3-10-23-40)51-35-48-45-27-15-16-28-46(45)56(44-30-29-38-19-13-14-26-42(38)33-44)55(41-24-11-4-12-25-41)50(48)36-52(51)53(47)39-20-7-2-8-21-39/h1-36H. The molecule has 260 valence electrons. The third-order valence-corrected chi connectivity index (χ3v) is 11.6. The van der Waals surface area contributed by atoms with Crippen molar-refractivity contribution < 1.29 is 0 Å². The third-order valence-electron chi connectivity index (χ3n) is 11.6. The molecule has 0 nitrogen and oxygen atoms in total. The molecular weight excluding hydrogens is 673 g/mol. The zero-order valence-corrected chi connectivity index (χ0v) is 30.8. The van der Waals surface area contributed by atoms with E-state index in [2.05, 4.69) is 218 Å². The molecule has 0 aliphatic rings. The van der Waals surface area contributed by atoms with Gasteiger partial charge in [-0.15, -0.1) is 0 Å². The minimum absolute atomic E-state index is 1.21. The molecule has 0 aliphatic carbocycles. The first kappa shape index (κ1) is 32.2. The van der Waals surface area contributed by atoms with E-state index in [9.17, 15) is 0 Å². The minimum Gasteiger partial charge on any atom is -0.0622 e. The summed E-state index contributed by atoms with van der Waals surface area (Å²) in [6.07, 6.45) is 0. The smallest absolute Gasteiger partial charge is 0.00201 e. The Balaban J connectivity index is 1.37. The Labute approximate surface area is 326 Å². The van der Waals surface area contributed by atoms with Crippen molar-refractivity contribution >= 4 is 53.9 Å². The van der Waals surface area contributed by atoms with Crippen molar-refractivity contribution in [2.24, 2.45) is 0 Å². The molecule has 0 atom stereocenters. The van der Waals surface area contributed by atoms with Gasteiger partial charge in [0.15, 0.2) is 0 Å². The van der Waals surface area contributed by atoms with Gasteiger partial charge in [-0.25, -0.2) is 0 Å². The van der Waals surface area contributed by atoms with Crippen molar-refractivity contribution in [3.05, 3.63) is 218 Å². The van der Waals surface area contributed by atoms with Gasteiger partial charge in [0.25, 0.3) is 0 Å². The van der Waals surface area contributed by atoms with Crippen LogP contribution in [0.4, 0.5) is 0 Å². The van der Waals surface area contributed by atoms with Gasteiger partial charge in [-0.05, 0) is 134 Å². The summed E-state index contributed by atoms with van der Waals surface area (Å²) in [4.78, 5) is 0. The first-order valence-electron chi connectivity index (χ1n) is 19.4. The van der Waals surface area contributed by atoms with Crippen LogP contribution in [0.25, 0.3) is 109 Å². The fraction of sp³-hybridized carbons (Fsp3) is 0. The van der Waals surface area contributed by atoms with E-state index in [0.717, 1.165) is 0 Å². The summed E-state index contributed by atoms with van der Waals surface area (Å²) >= 11 is 0. The van der Waals surface area contributed by atoms with E-state index in [1.165, 1.54) is 109 Å². The van der Waals surface area contributed by atoms with Crippen molar-refractivity contribution in [2.45, 2.75) is 0 Å². The molecule has 0 heterocycles. The number of fused-ring (bicyclic) bond motifs is 6. The molecule has 0 fully saturated rings.